The van der Waals surface area contributed by atoms with Gasteiger partial charge in [0.05, 0.1) is 0 Å². The summed E-state index contributed by atoms with van der Waals surface area (Å²) in [5.41, 5.74) is 4.71. The summed E-state index contributed by atoms with van der Waals surface area (Å²) in [6.07, 6.45) is 15.0. The fourth-order valence-electron chi connectivity index (χ4n) is 3.74. The molecule has 0 heterocycles. The van der Waals surface area contributed by atoms with Crippen LogP contribution in [0.2, 0.25) is 13.1 Å². The molecule has 0 aromatic heterocycles. The molecule has 0 aliphatic heterocycles. The molecule has 0 amide bonds. The molecule has 1 aromatic carbocycles. The monoisotopic (exact) mass is 456 g/mol. The van der Waals surface area contributed by atoms with Gasteiger partial charge in [-0.15, -0.1) is 24.8 Å². The van der Waals surface area contributed by atoms with Crippen LogP contribution < -0.4 is 0 Å². The van der Waals surface area contributed by atoms with Gasteiger partial charge in [0.1, 0.15) is 0 Å². The van der Waals surface area contributed by atoms with Crippen LogP contribution in [0.25, 0.3) is 5.57 Å². The van der Waals surface area contributed by atoms with E-state index < -0.39 is 20.4 Å². The molecule has 0 nitrogen and oxygen atoms in total. The Morgan fingerprint density at radius 3 is 2.54 bits per heavy atom. The zero-order valence-electron chi connectivity index (χ0n) is 14.8. The Labute approximate surface area is 167 Å². The van der Waals surface area contributed by atoms with Crippen LogP contribution in [0, 0.1) is 0 Å². The number of hydrogen-bond acceptors (Lipinski definition) is 0. The van der Waals surface area contributed by atoms with Crippen molar-refractivity contribution < 1.29 is 20.4 Å². The molecular formula is C20H28Cl2SiZr. The van der Waals surface area contributed by atoms with Crippen molar-refractivity contribution in [2.75, 3.05) is 0 Å². The van der Waals surface area contributed by atoms with Crippen LogP contribution in [0.1, 0.15) is 47.4 Å². The SMILES string of the molecule is CCCCC1=C[CH]([Zr]([C]2=CC=CC2)=[Si](C)C)c2ccccc21.Cl.Cl. The fraction of sp³-hybridized carbons (Fsp3) is 0.400. The quantitative estimate of drug-likeness (QED) is 0.422. The number of unbranched alkanes of at least 4 members (excludes halogenated alkanes) is 1. The van der Waals surface area contributed by atoms with Crippen molar-refractivity contribution in [1.82, 2.24) is 0 Å². The Hall–Kier alpha value is 0.120. The van der Waals surface area contributed by atoms with Gasteiger partial charge in [-0.2, -0.15) is 0 Å². The van der Waals surface area contributed by atoms with Gasteiger partial charge in [0.15, 0.2) is 0 Å². The maximum absolute atomic E-state index is 2.70. The first-order valence-corrected chi connectivity index (χ1v) is 17.4. The maximum atomic E-state index is 2.70. The largest absolute Gasteiger partial charge is 0.147 e. The first kappa shape index (κ1) is 22.2. The van der Waals surface area contributed by atoms with E-state index in [0.29, 0.717) is 0 Å². The van der Waals surface area contributed by atoms with Crippen LogP contribution in [0.3, 0.4) is 0 Å². The summed E-state index contributed by atoms with van der Waals surface area (Å²) in [5, 5.41) is 0. The van der Waals surface area contributed by atoms with Gasteiger partial charge >= 0.3 is 144 Å². The van der Waals surface area contributed by atoms with Crippen LogP contribution in [0.4, 0.5) is 0 Å². The predicted molar refractivity (Wildman–Crippen MR) is 111 cm³/mol. The van der Waals surface area contributed by atoms with E-state index in [4.69, 9.17) is 0 Å². The van der Waals surface area contributed by atoms with Gasteiger partial charge in [0.2, 0.25) is 0 Å². The topological polar surface area (TPSA) is 0 Å². The van der Waals surface area contributed by atoms with Crippen molar-refractivity contribution in [3.63, 3.8) is 0 Å². The van der Waals surface area contributed by atoms with Gasteiger partial charge in [-0.3, -0.25) is 0 Å². The first-order valence-electron chi connectivity index (χ1n) is 8.55. The Kier molecular flexibility index (Phi) is 9.52. The van der Waals surface area contributed by atoms with E-state index in [1.54, 1.807) is 16.7 Å². The summed E-state index contributed by atoms with van der Waals surface area (Å²) in [6, 6.07) is 9.27. The molecule has 2 aliphatic rings. The molecule has 1 unspecified atom stereocenters. The second-order valence-electron chi connectivity index (χ2n) is 6.60. The number of allylic oxidation sites excluding steroid dienone is 6. The summed E-state index contributed by atoms with van der Waals surface area (Å²) in [4.78, 5) is 0. The minimum Gasteiger partial charge on any atom is -0.147 e. The number of hydrogen-bond donors (Lipinski definition) is 0. The molecule has 3 rings (SSSR count). The average molecular weight is 459 g/mol. The second kappa shape index (κ2) is 10.3. The van der Waals surface area contributed by atoms with Gasteiger partial charge in [0.25, 0.3) is 0 Å². The van der Waals surface area contributed by atoms with E-state index in [1.165, 1.54) is 25.7 Å². The maximum Gasteiger partial charge on any atom is -0.147 e. The Balaban J connectivity index is 0.00000144. The number of fused-ring (bicyclic) bond motifs is 1. The van der Waals surface area contributed by atoms with E-state index in [0.717, 1.165) is 3.63 Å². The summed E-state index contributed by atoms with van der Waals surface area (Å²) in [5.74, 6) is 0. The van der Waals surface area contributed by atoms with Crippen molar-refractivity contribution in [2.24, 2.45) is 0 Å². The molecule has 0 radical (unpaired) electrons. The molecule has 0 saturated heterocycles. The van der Waals surface area contributed by atoms with Gasteiger partial charge in [-0.05, 0) is 0 Å². The normalized spacial score (nSPS) is 17.4. The van der Waals surface area contributed by atoms with Gasteiger partial charge in [-0.25, -0.2) is 0 Å². The van der Waals surface area contributed by atoms with Crippen LogP contribution in [-0.2, 0) is 20.4 Å². The van der Waals surface area contributed by atoms with E-state index in [1.807, 2.05) is 3.28 Å². The smallest absolute Gasteiger partial charge is 0.147 e. The average Bonchev–Trinajstić information content (AvgIpc) is 3.15. The van der Waals surface area contributed by atoms with Crippen molar-refractivity contribution in [1.29, 1.82) is 0 Å². The molecule has 0 fully saturated rings. The van der Waals surface area contributed by atoms with Crippen molar-refractivity contribution in [2.45, 2.75) is 49.3 Å². The third-order valence-corrected chi connectivity index (χ3v) is 22.9. The summed E-state index contributed by atoms with van der Waals surface area (Å²) < 4.78 is 2.66. The molecule has 130 valence electrons. The van der Waals surface area contributed by atoms with Gasteiger partial charge in [0, 0.05) is 0 Å². The van der Waals surface area contributed by atoms with E-state index >= 15 is 0 Å². The van der Waals surface area contributed by atoms with Crippen molar-refractivity contribution >= 4 is 35.8 Å². The molecular weight excluding hydrogens is 430 g/mol. The molecule has 1 aromatic rings. The van der Waals surface area contributed by atoms with Crippen molar-refractivity contribution in [3.8, 4) is 0 Å². The summed E-state index contributed by atoms with van der Waals surface area (Å²) in [6.45, 7) is 7.44. The third-order valence-electron chi connectivity index (χ3n) is 4.78. The van der Waals surface area contributed by atoms with E-state index in [9.17, 15) is 0 Å². The number of benzene rings is 1. The van der Waals surface area contributed by atoms with Crippen LogP contribution in [0.15, 0.2) is 51.9 Å². The standard InChI is InChI=1S/C13H15.C5H5.C2H6Si.2ClH.Zr/c1-2-3-6-11-9-10-12-7-4-5-8-13(11)12;1-2-4-5-3-1;1-3-2;;;/h4-5,7-10H,2-3,6H2,1H3;1-3H,4H2;1-2H3;2*1H;. The van der Waals surface area contributed by atoms with Gasteiger partial charge < -0.3 is 0 Å². The molecule has 0 saturated carbocycles. The Morgan fingerprint density at radius 1 is 1.17 bits per heavy atom. The Morgan fingerprint density at radius 2 is 1.92 bits per heavy atom. The molecule has 0 spiro atoms. The van der Waals surface area contributed by atoms with Crippen molar-refractivity contribution in [3.05, 3.63) is 63.0 Å². The zero-order chi connectivity index (χ0) is 15.5. The minimum absolute atomic E-state index is 0. The summed E-state index contributed by atoms with van der Waals surface area (Å²) in [7, 11) is 0. The fourth-order valence-corrected chi connectivity index (χ4v) is 21.6. The van der Waals surface area contributed by atoms with E-state index in [-0.39, 0.29) is 30.2 Å². The second-order valence-corrected chi connectivity index (χ2v) is 24.3. The number of rotatable bonds is 5. The third kappa shape index (κ3) is 4.64. The Bertz CT molecular complexity index is 697. The molecule has 2 aliphatic carbocycles. The van der Waals surface area contributed by atoms with E-state index in [2.05, 4.69) is 68.6 Å². The van der Waals surface area contributed by atoms with Crippen LogP contribution in [-0.4, -0.2) is 5.43 Å². The molecule has 0 N–H and O–H groups in total. The zero-order valence-corrected chi connectivity index (χ0v) is 19.9. The molecule has 0 bridgehead atoms. The van der Waals surface area contributed by atoms with Gasteiger partial charge in [-0.1, -0.05) is 0 Å². The molecule has 24 heavy (non-hydrogen) atoms. The minimum atomic E-state index is -1.58. The van der Waals surface area contributed by atoms with Crippen LogP contribution in [0.5, 0.6) is 0 Å². The van der Waals surface area contributed by atoms with Crippen LogP contribution >= 0.6 is 24.8 Å². The predicted octanol–water partition coefficient (Wildman–Crippen LogP) is 6.87. The number of halogens is 2. The first-order chi connectivity index (χ1) is 10.7. The summed E-state index contributed by atoms with van der Waals surface area (Å²) >= 11 is -1.58. The molecule has 1 atom stereocenters. The molecule has 4 heteroatoms.